The Bertz CT molecular complexity index is 1030. The molecule has 0 amide bonds. The summed E-state index contributed by atoms with van der Waals surface area (Å²) in [5.41, 5.74) is 5.94. The molecule has 4 rings (SSSR count). The second kappa shape index (κ2) is 9.35. The number of nitrogens with two attached hydrogens (primary N) is 1. The first kappa shape index (κ1) is 23.2. The van der Waals surface area contributed by atoms with Gasteiger partial charge in [0.25, 0.3) is 12.3 Å². The largest absolute Gasteiger partial charge is 0.355 e. The molecule has 3 aromatic rings. The van der Waals surface area contributed by atoms with Crippen molar-refractivity contribution < 1.29 is 17.6 Å². The molecule has 31 heavy (non-hydrogen) atoms. The van der Waals surface area contributed by atoms with Crippen LogP contribution >= 0.6 is 12.6 Å². The van der Waals surface area contributed by atoms with Gasteiger partial charge in [-0.2, -0.15) is 12.6 Å². The van der Waals surface area contributed by atoms with Crippen LogP contribution in [0.25, 0.3) is 17.2 Å². The van der Waals surface area contributed by atoms with Crippen molar-refractivity contribution in [1.29, 1.82) is 0 Å². The summed E-state index contributed by atoms with van der Waals surface area (Å²) in [6.45, 7) is 1.53. The van der Waals surface area contributed by atoms with Crippen LogP contribution in [0.2, 0.25) is 0 Å². The number of fused-ring (bicyclic) bond motifs is 1. The minimum atomic E-state index is -2.85. The van der Waals surface area contributed by atoms with Gasteiger partial charge in [0.2, 0.25) is 0 Å². The molecule has 3 aromatic heterocycles. The molecule has 2 unspecified atom stereocenters. The summed E-state index contributed by atoms with van der Waals surface area (Å²) in [6, 6.07) is 1.63. The molecule has 1 aliphatic heterocycles. The van der Waals surface area contributed by atoms with E-state index in [0.717, 1.165) is 0 Å². The third-order valence-corrected chi connectivity index (χ3v) is 5.25. The molecule has 1 fully saturated rings. The number of hydrogen-bond acceptors (Lipinski definition) is 7. The lowest BCUT2D eigenvalue weighted by molar-refractivity contribution is -0.108. The van der Waals surface area contributed by atoms with Crippen LogP contribution in [0.5, 0.6) is 0 Å². The zero-order chi connectivity index (χ0) is 22.8. The maximum atomic E-state index is 14.3. The van der Waals surface area contributed by atoms with Gasteiger partial charge in [-0.15, -0.1) is 0 Å². The number of nitrogens with zero attached hydrogens (tertiary/aromatic N) is 6. The van der Waals surface area contributed by atoms with E-state index in [0.29, 0.717) is 17.2 Å². The third kappa shape index (κ3) is 4.45. The van der Waals surface area contributed by atoms with Gasteiger partial charge in [0.1, 0.15) is 17.2 Å². The fraction of sp³-hybridized carbons (Fsp3) is 0.474. The van der Waals surface area contributed by atoms with Gasteiger partial charge in [-0.05, 0) is 12.3 Å². The highest BCUT2D eigenvalue weighted by atomic mass is 32.1. The number of anilines is 1. The van der Waals surface area contributed by atoms with Crippen molar-refractivity contribution in [3.8, 4) is 11.5 Å². The van der Waals surface area contributed by atoms with E-state index in [2.05, 4.69) is 32.6 Å². The highest BCUT2D eigenvalue weighted by molar-refractivity contribution is 7.79. The van der Waals surface area contributed by atoms with Crippen LogP contribution in [0.15, 0.2) is 30.9 Å². The number of alkyl halides is 4. The lowest BCUT2D eigenvalue weighted by Gasteiger charge is -2.42. The molecule has 12 heteroatoms. The molecular formula is C19H23F4N7S. The number of aromatic nitrogens is 5. The van der Waals surface area contributed by atoms with E-state index in [1.54, 1.807) is 17.2 Å². The summed E-state index contributed by atoms with van der Waals surface area (Å²) >= 11 is 3.53. The van der Waals surface area contributed by atoms with E-state index >= 15 is 0 Å². The number of halogens is 4. The maximum Gasteiger partial charge on any atom is 0.281 e. The van der Waals surface area contributed by atoms with Crippen LogP contribution in [-0.2, 0) is 0 Å². The number of rotatable bonds is 4. The van der Waals surface area contributed by atoms with Gasteiger partial charge in [-0.25, -0.2) is 37.5 Å². The topological polar surface area (TPSA) is 85.2 Å². The molecule has 7 nitrogen and oxygen atoms in total. The first-order chi connectivity index (χ1) is 14.8. The van der Waals surface area contributed by atoms with Crippen LogP contribution in [0.3, 0.4) is 0 Å². The Balaban J connectivity index is 0.00000132. The molecule has 4 heterocycles. The van der Waals surface area contributed by atoms with E-state index < -0.39 is 29.9 Å². The number of hydrogen-bond donors (Lipinski definition) is 2. The molecule has 0 spiro atoms. The molecule has 2 N–H and O–H groups in total. The van der Waals surface area contributed by atoms with Crippen molar-refractivity contribution in [3.05, 3.63) is 36.5 Å². The Morgan fingerprint density at radius 3 is 2.61 bits per heavy atom. The van der Waals surface area contributed by atoms with Crippen LogP contribution in [0.4, 0.5) is 23.4 Å². The van der Waals surface area contributed by atoms with Gasteiger partial charge in [-0.3, -0.25) is 4.40 Å². The van der Waals surface area contributed by atoms with Gasteiger partial charge in [0, 0.05) is 37.9 Å². The van der Waals surface area contributed by atoms with Crippen molar-refractivity contribution in [2.45, 2.75) is 19.3 Å². The molecule has 0 bridgehead atoms. The molecule has 0 aliphatic carbocycles. The van der Waals surface area contributed by atoms with Crippen LogP contribution in [0.1, 0.15) is 19.0 Å². The van der Waals surface area contributed by atoms with E-state index in [1.165, 1.54) is 36.1 Å². The van der Waals surface area contributed by atoms with Crippen molar-refractivity contribution in [2.24, 2.45) is 17.6 Å². The second-order valence-corrected chi connectivity index (χ2v) is 7.14. The van der Waals surface area contributed by atoms with Crippen molar-refractivity contribution in [2.75, 3.05) is 30.8 Å². The quantitative estimate of drug-likeness (QED) is 0.462. The first-order valence-electron chi connectivity index (χ1n) is 9.53. The highest BCUT2D eigenvalue weighted by Gasteiger charge is 2.49. The third-order valence-electron chi connectivity index (χ3n) is 5.25. The summed E-state index contributed by atoms with van der Waals surface area (Å²) in [5.74, 6) is -4.01. The average Bonchev–Trinajstić information content (AvgIpc) is 3.20. The Morgan fingerprint density at radius 1 is 1.19 bits per heavy atom. The fourth-order valence-corrected chi connectivity index (χ4v) is 3.57. The smallest absolute Gasteiger partial charge is 0.281 e. The molecule has 168 valence electrons. The van der Waals surface area contributed by atoms with Gasteiger partial charge in [0.05, 0.1) is 18.3 Å². The Labute approximate surface area is 182 Å². The first-order valence-corrected chi connectivity index (χ1v) is 10.4. The lowest BCUT2D eigenvalue weighted by atomic mass is 9.86. The summed E-state index contributed by atoms with van der Waals surface area (Å²) in [5, 5.41) is 0. The standard InChI is InChI=1S/C18H19F4N7.CH4S/c1-10-7-28(8-11(4-23)18(10,21)22)14-2-3-24-17(27-14)13-5-26-15-6-25-12(16(19)20)9-29(13)15;1-2/h2-3,5-6,9-11,16H,4,7-8,23H2,1H3;2H,1H3. The van der Waals surface area contributed by atoms with Crippen LogP contribution < -0.4 is 10.6 Å². The van der Waals surface area contributed by atoms with Gasteiger partial charge in [-0.1, -0.05) is 6.92 Å². The average molecular weight is 458 g/mol. The van der Waals surface area contributed by atoms with E-state index in [1.807, 2.05) is 0 Å². The zero-order valence-corrected chi connectivity index (χ0v) is 17.9. The SMILES string of the molecule is CC1CN(c2ccnc(-c3cnc4cnc(C(F)F)cn34)n2)CC(CN)C1(F)F.CS. The van der Waals surface area contributed by atoms with Crippen LogP contribution in [-0.4, -0.2) is 56.1 Å². The summed E-state index contributed by atoms with van der Waals surface area (Å²) < 4.78 is 56.1. The van der Waals surface area contributed by atoms with Crippen molar-refractivity contribution in [1.82, 2.24) is 24.3 Å². The number of thiol groups is 1. The van der Waals surface area contributed by atoms with Crippen molar-refractivity contribution in [3.63, 3.8) is 0 Å². The highest BCUT2D eigenvalue weighted by Crippen LogP contribution is 2.38. The number of imidazole rings is 1. The molecule has 1 aliphatic rings. The Kier molecular flexibility index (Phi) is 6.99. The van der Waals surface area contributed by atoms with Crippen LogP contribution in [0, 0.1) is 11.8 Å². The predicted molar refractivity (Wildman–Crippen MR) is 113 cm³/mol. The molecule has 0 saturated carbocycles. The zero-order valence-electron chi connectivity index (χ0n) is 17.0. The molecular weight excluding hydrogens is 434 g/mol. The van der Waals surface area contributed by atoms with E-state index in [9.17, 15) is 17.6 Å². The van der Waals surface area contributed by atoms with Crippen molar-refractivity contribution >= 4 is 24.1 Å². The van der Waals surface area contributed by atoms with E-state index in [4.69, 9.17) is 5.73 Å². The van der Waals surface area contributed by atoms with Gasteiger partial charge < -0.3 is 10.6 Å². The summed E-state index contributed by atoms with van der Waals surface area (Å²) in [6.07, 6.45) is 4.36. The molecule has 0 radical (unpaired) electrons. The summed E-state index contributed by atoms with van der Waals surface area (Å²) in [4.78, 5) is 18.3. The normalized spacial score (nSPS) is 20.6. The van der Waals surface area contributed by atoms with Gasteiger partial charge >= 0.3 is 0 Å². The minimum Gasteiger partial charge on any atom is -0.355 e. The Hall–Kier alpha value is -2.47. The summed E-state index contributed by atoms with van der Waals surface area (Å²) in [7, 11) is 0. The van der Waals surface area contributed by atoms with E-state index in [-0.39, 0.29) is 25.5 Å². The Morgan fingerprint density at radius 2 is 1.94 bits per heavy atom. The molecule has 0 aromatic carbocycles. The minimum absolute atomic E-state index is 0.0664. The lowest BCUT2D eigenvalue weighted by Crippen LogP contribution is -2.55. The number of piperidine rings is 1. The second-order valence-electron chi connectivity index (χ2n) is 7.14. The van der Waals surface area contributed by atoms with Gasteiger partial charge in [0.15, 0.2) is 11.5 Å². The molecule has 2 atom stereocenters. The maximum absolute atomic E-state index is 14.3. The molecule has 1 saturated heterocycles. The predicted octanol–water partition coefficient (Wildman–Crippen LogP) is 3.34. The monoisotopic (exact) mass is 457 g/mol. The fourth-order valence-electron chi connectivity index (χ4n) is 3.57.